The Morgan fingerprint density at radius 1 is 0.810 bits per heavy atom. The standard InChI is InChI=1S/C19H34NS/c1-3-4-5-6-7-8-9-10-11-12-17-21-18-20-15-13-19(2)14-16-20/h13-16H,3-12,17-18H2,1-2H3/q+1. The highest BCUT2D eigenvalue weighted by atomic mass is 32.2. The number of nitrogens with zero attached hydrogens (tertiary/aromatic N) is 1. The second kappa shape index (κ2) is 13.2. The number of thioether (sulfide) groups is 1. The first kappa shape index (κ1) is 18.5. The fourth-order valence-electron chi connectivity index (χ4n) is 2.48. The maximum absolute atomic E-state index is 2.29. The molecule has 0 atom stereocenters. The number of pyridine rings is 1. The van der Waals surface area contributed by atoms with Gasteiger partial charge in [0.25, 0.3) is 0 Å². The largest absolute Gasteiger partial charge is 0.195 e. The van der Waals surface area contributed by atoms with Crippen molar-refractivity contribution < 1.29 is 4.57 Å². The predicted molar refractivity (Wildman–Crippen MR) is 95.7 cm³/mol. The summed E-state index contributed by atoms with van der Waals surface area (Å²) in [4.78, 5) is 0. The molecule has 1 aromatic rings. The van der Waals surface area contributed by atoms with Crippen molar-refractivity contribution in [2.45, 2.75) is 83.9 Å². The molecule has 0 fully saturated rings. The van der Waals surface area contributed by atoms with Crippen molar-refractivity contribution in [1.29, 1.82) is 0 Å². The van der Waals surface area contributed by atoms with Crippen LogP contribution in [0.4, 0.5) is 0 Å². The topological polar surface area (TPSA) is 3.88 Å². The van der Waals surface area contributed by atoms with Gasteiger partial charge in [0.2, 0.25) is 0 Å². The summed E-state index contributed by atoms with van der Waals surface area (Å²) in [5.41, 5.74) is 1.34. The minimum Gasteiger partial charge on any atom is -0.195 e. The first-order valence-electron chi connectivity index (χ1n) is 8.86. The number of aryl methyl sites for hydroxylation is 1. The first-order valence-corrected chi connectivity index (χ1v) is 10.0. The van der Waals surface area contributed by atoms with Gasteiger partial charge in [-0.05, 0) is 24.7 Å². The Morgan fingerprint density at radius 2 is 1.33 bits per heavy atom. The summed E-state index contributed by atoms with van der Waals surface area (Å²) in [5, 5.41) is 0. The van der Waals surface area contributed by atoms with Gasteiger partial charge in [0.15, 0.2) is 18.3 Å². The normalized spacial score (nSPS) is 11.0. The van der Waals surface area contributed by atoms with Gasteiger partial charge in [-0.25, -0.2) is 0 Å². The lowest BCUT2D eigenvalue weighted by atomic mass is 10.1. The van der Waals surface area contributed by atoms with E-state index in [0.717, 1.165) is 5.88 Å². The van der Waals surface area contributed by atoms with E-state index >= 15 is 0 Å². The summed E-state index contributed by atoms with van der Waals surface area (Å²) >= 11 is 2.05. The molecule has 1 heterocycles. The molecule has 0 unspecified atom stereocenters. The molecule has 0 aliphatic heterocycles. The van der Waals surface area contributed by atoms with Crippen molar-refractivity contribution in [2.75, 3.05) is 5.75 Å². The molecule has 21 heavy (non-hydrogen) atoms. The van der Waals surface area contributed by atoms with Crippen molar-refractivity contribution in [3.63, 3.8) is 0 Å². The van der Waals surface area contributed by atoms with E-state index in [9.17, 15) is 0 Å². The molecule has 0 saturated carbocycles. The molecule has 0 N–H and O–H groups in total. The Balaban J connectivity index is 1.81. The van der Waals surface area contributed by atoms with Crippen LogP contribution in [0.1, 0.15) is 76.7 Å². The minimum atomic E-state index is 1.09. The fourth-order valence-corrected chi connectivity index (χ4v) is 3.40. The molecule has 0 saturated heterocycles. The zero-order valence-corrected chi connectivity index (χ0v) is 15.0. The van der Waals surface area contributed by atoms with Gasteiger partial charge >= 0.3 is 0 Å². The number of aromatic nitrogens is 1. The smallest absolute Gasteiger partial charge is 0.194 e. The number of hydrogen-bond donors (Lipinski definition) is 0. The summed E-state index contributed by atoms with van der Waals surface area (Å²) < 4.78 is 2.27. The molecule has 1 nitrogen and oxygen atoms in total. The zero-order valence-electron chi connectivity index (χ0n) is 14.2. The van der Waals surface area contributed by atoms with Gasteiger partial charge in [-0.1, -0.05) is 76.5 Å². The Bertz CT molecular complexity index is 334. The van der Waals surface area contributed by atoms with Crippen molar-refractivity contribution in [2.24, 2.45) is 0 Å². The molecule has 2 heteroatoms. The lowest BCUT2D eigenvalue weighted by molar-refractivity contribution is -0.676. The molecular weight excluding hydrogens is 274 g/mol. The molecule has 0 aromatic carbocycles. The van der Waals surface area contributed by atoms with Crippen LogP contribution < -0.4 is 4.57 Å². The van der Waals surface area contributed by atoms with Crippen LogP contribution in [0.2, 0.25) is 0 Å². The Labute approximate surface area is 136 Å². The van der Waals surface area contributed by atoms with E-state index in [0.29, 0.717) is 0 Å². The zero-order chi connectivity index (χ0) is 15.2. The molecule has 0 spiro atoms. The molecule has 0 amide bonds. The third-order valence-corrected chi connectivity index (χ3v) is 5.00. The van der Waals surface area contributed by atoms with Crippen LogP contribution in [0.25, 0.3) is 0 Å². The molecule has 0 radical (unpaired) electrons. The second-order valence-corrected chi connectivity index (χ2v) is 7.18. The Kier molecular flexibility index (Phi) is 11.6. The van der Waals surface area contributed by atoms with Gasteiger partial charge in [-0.2, -0.15) is 4.57 Å². The molecule has 1 rings (SSSR count). The van der Waals surface area contributed by atoms with Crippen LogP contribution in [-0.2, 0) is 5.88 Å². The highest BCUT2D eigenvalue weighted by molar-refractivity contribution is 7.98. The lowest BCUT2D eigenvalue weighted by Gasteiger charge is -2.02. The van der Waals surface area contributed by atoms with Crippen molar-refractivity contribution in [1.82, 2.24) is 0 Å². The third-order valence-electron chi connectivity index (χ3n) is 3.94. The van der Waals surface area contributed by atoms with Gasteiger partial charge in [-0.3, -0.25) is 0 Å². The number of hydrogen-bond acceptors (Lipinski definition) is 1. The number of rotatable bonds is 13. The SMILES string of the molecule is CCCCCCCCCCCCSC[n+]1ccc(C)cc1. The van der Waals surface area contributed by atoms with Crippen LogP contribution >= 0.6 is 11.8 Å². The van der Waals surface area contributed by atoms with E-state index in [2.05, 4.69) is 54.7 Å². The minimum absolute atomic E-state index is 1.09. The van der Waals surface area contributed by atoms with Gasteiger partial charge in [0.1, 0.15) is 0 Å². The van der Waals surface area contributed by atoms with Crippen molar-refractivity contribution >= 4 is 11.8 Å². The van der Waals surface area contributed by atoms with Crippen molar-refractivity contribution in [3.8, 4) is 0 Å². The molecule has 0 bridgehead atoms. The average molecular weight is 309 g/mol. The molecule has 1 aromatic heterocycles. The Morgan fingerprint density at radius 3 is 1.90 bits per heavy atom. The van der Waals surface area contributed by atoms with E-state index in [1.165, 1.54) is 75.5 Å². The van der Waals surface area contributed by atoms with Gasteiger partial charge in [-0.15, -0.1) is 0 Å². The van der Waals surface area contributed by atoms with Crippen LogP contribution in [0, 0.1) is 6.92 Å². The quantitative estimate of drug-likeness (QED) is 0.324. The second-order valence-electron chi connectivity index (χ2n) is 6.11. The van der Waals surface area contributed by atoms with Gasteiger partial charge in [0.05, 0.1) is 0 Å². The maximum Gasteiger partial charge on any atom is 0.194 e. The van der Waals surface area contributed by atoms with Crippen LogP contribution in [0.5, 0.6) is 0 Å². The Hall–Kier alpha value is -0.500. The molecule has 0 aliphatic carbocycles. The van der Waals surface area contributed by atoms with Crippen molar-refractivity contribution in [3.05, 3.63) is 30.1 Å². The first-order chi connectivity index (χ1) is 10.3. The summed E-state index contributed by atoms with van der Waals surface area (Å²) in [5.74, 6) is 2.40. The average Bonchev–Trinajstić information content (AvgIpc) is 2.50. The highest BCUT2D eigenvalue weighted by Crippen LogP contribution is 2.12. The van der Waals surface area contributed by atoms with Crippen LogP contribution in [0.15, 0.2) is 24.5 Å². The molecule has 120 valence electrons. The molecule has 0 aliphatic rings. The summed E-state index contributed by atoms with van der Waals surface area (Å²) in [6, 6.07) is 4.36. The van der Waals surface area contributed by atoms with E-state index in [-0.39, 0.29) is 0 Å². The van der Waals surface area contributed by atoms with Gasteiger partial charge < -0.3 is 0 Å². The summed E-state index contributed by atoms with van der Waals surface area (Å²) in [6.07, 6.45) is 18.6. The number of unbranched alkanes of at least 4 members (excludes halogenated alkanes) is 9. The summed E-state index contributed by atoms with van der Waals surface area (Å²) in [6.45, 7) is 4.43. The van der Waals surface area contributed by atoms with E-state index in [4.69, 9.17) is 0 Å². The lowest BCUT2D eigenvalue weighted by Crippen LogP contribution is -2.30. The third kappa shape index (κ3) is 10.8. The van der Waals surface area contributed by atoms with Crippen LogP contribution in [0.3, 0.4) is 0 Å². The van der Waals surface area contributed by atoms with Gasteiger partial charge in [0, 0.05) is 12.1 Å². The monoisotopic (exact) mass is 308 g/mol. The van der Waals surface area contributed by atoms with E-state index < -0.39 is 0 Å². The van der Waals surface area contributed by atoms with E-state index in [1.54, 1.807) is 0 Å². The van der Waals surface area contributed by atoms with Crippen LogP contribution in [-0.4, -0.2) is 5.75 Å². The predicted octanol–water partition coefficient (Wildman–Crippen LogP) is 5.89. The fraction of sp³-hybridized carbons (Fsp3) is 0.737. The summed E-state index contributed by atoms with van der Waals surface area (Å²) in [7, 11) is 0. The highest BCUT2D eigenvalue weighted by Gasteiger charge is 1.99. The van der Waals surface area contributed by atoms with E-state index in [1.807, 2.05) is 0 Å². The maximum atomic E-state index is 2.29. The molecular formula is C19H34NS+.